The largest absolute Gasteiger partial charge is 0.379 e. The Balaban J connectivity index is 1.73. The van der Waals surface area contributed by atoms with Crippen LogP contribution in [0.2, 0.25) is 0 Å². The van der Waals surface area contributed by atoms with Gasteiger partial charge in [-0.1, -0.05) is 0 Å². The van der Waals surface area contributed by atoms with Crippen molar-refractivity contribution in [2.24, 2.45) is 5.73 Å². The van der Waals surface area contributed by atoms with E-state index in [4.69, 9.17) is 5.73 Å². The number of carbonyl (C=O) groups excluding carboxylic acids is 3. The van der Waals surface area contributed by atoms with Gasteiger partial charge in [0.2, 0.25) is 17.7 Å². The van der Waals surface area contributed by atoms with Crippen LogP contribution in [0.5, 0.6) is 0 Å². The van der Waals surface area contributed by atoms with Crippen molar-refractivity contribution >= 4 is 17.7 Å². The molecule has 0 radical (unpaired) electrons. The predicted molar refractivity (Wildman–Crippen MR) is 90.3 cm³/mol. The van der Waals surface area contributed by atoms with Crippen molar-refractivity contribution in [1.82, 2.24) is 25.5 Å². The number of aromatic nitrogens is 2. The van der Waals surface area contributed by atoms with E-state index in [1.807, 2.05) is 0 Å². The molecular weight excluding hydrogens is 340 g/mol. The maximum absolute atomic E-state index is 13.0. The Morgan fingerprint density at radius 3 is 2.81 bits per heavy atom. The molecule has 0 saturated carbocycles. The van der Waals surface area contributed by atoms with Crippen LogP contribution in [0.15, 0.2) is 12.5 Å². The molecule has 3 amide bonds. The van der Waals surface area contributed by atoms with E-state index >= 15 is 0 Å². The normalized spacial score (nSPS) is 26.7. The Hall–Kier alpha value is -2.46. The molecule has 26 heavy (non-hydrogen) atoms. The summed E-state index contributed by atoms with van der Waals surface area (Å²) in [7, 11) is 0. The average Bonchev–Trinajstić information content (AvgIpc) is 3.34. The first-order valence-electron chi connectivity index (χ1n) is 8.77. The van der Waals surface area contributed by atoms with Gasteiger partial charge in [0.05, 0.1) is 12.4 Å². The number of aromatic amines is 1. The number of hydrogen-bond donors (Lipinski definition) is 5. The first-order chi connectivity index (χ1) is 12.5. The van der Waals surface area contributed by atoms with E-state index in [9.17, 15) is 19.5 Å². The van der Waals surface area contributed by atoms with Crippen LogP contribution in [0.1, 0.15) is 31.4 Å². The molecule has 2 saturated heterocycles. The van der Waals surface area contributed by atoms with Crippen LogP contribution in [0.4, 0.5) is 0 Å². The van der Waals surface area contributed by atoms with Gasteiger partial charge in [0.25, 0.3) is 0 Å². The third kappa shape index (κ3) is 4.02. The second kappa shape index (κ2) is 7.83. The highest BCUT2D eigenvalue weighted by atomic mass is 16.3. The molecule has 2 aliphatic rings. The summed E-state index contributed by atoms with van der Waals surface area (Å²) in [6.45, 7) is 0.433. The standard InChI is InChI=1S/C16H24N6O4/c17-14(24)12-2-1-5-22(12)16(26)11(6-9-7-18-8-19-9)21-15(25)10-3-4-13(23)20-10/h7-8,10-13,20,23H,1-6H2,(H2,17,24)(H,18,19)(H,21,25)/t10-,11-,12-,13?/m0/s1. The summed E-state index contributed by atoms with van der Waals surface area (Å²) in [5, 5.41) is 15.1. The minimum absolute atomic E-state index is 0.224. The minimum atomic E-state index is -0.845. The molecule has 10 heteroatoms. The van der Waals surface area contributed by atoms with E-state index in [2.05, 4.69) is 20.6 Å². The summed E-state index contributed by atoms with van der Waals surface area (Å²) in [5.74, 6) is -1.23. The minimum Gasteiger partial charge on any atom is -0.379 e. The van der Waals surface area contributed by atoms with Gasteiger partial charge in [-0.05, 0) is 25.7 Å². The van der Waals surface area contributed by atoms with E-state index in [1.165, 1.54) is 11.2 Å². The Morgan fingerprint density at radius 2 is 2.19 bits per heavy atom. The van der Waals surface area contributed by atoms with Crippen LogP contribution in [0, 0.1) is 0 Å². The van der Waals surface area contributed by atoms with E-state index in [0.29, 0.717) is 37.9 Å². The molecule has 4 atom stereocenters. The third-order valence-corrected chi connectivity index (χ3v) is 4.90. The van der Waals surface area contributed by atoms with Crippen LogP contribution < -0.4 is 16.4 Å². The lowest BCUT2D eigenvalue weighted by atomic mass is 10.1. The maximum Gasteiger partial charge on any atom is 0.246 e. The van der Waals surface area contributed by atoms with Gasteiger partial charge in [-0.3, -0.25) is 19.7 Å². The predicted octanol–water partition coefficient (Wildman–Crippen LogP) is -2.02. The Bertz CT molecular complexity index is 664. The molecule has 1 aromatic heterocycles. The average molecular weight is 364 g/mol. The zero-order chi connectivity index (χ0) is 18.7. The molecule has 2 aliphatic heterocycles. The molecule has 0 spiro atoms. The fourth-order valence-corrected chi connectivity index (χ4v) is 3.55. The van der Waals surface area contributed by atoms with E-state index in [0.717, 1.165) is 0 Å². The number of amides is 3. The van der Waals surface area contributed by atoms with E-state index in [-0.39, 0.29) is 18.2 Å². The van der Waals surface area contributed by atoms with Gasteiger partial charge in [-0.15, -0.1) is 0 Å². The smallest absolute Gasteiger partial charge is 0.246 e. The van der Waals surface area contributed by atoms with Crippen molar-refractivity contribution in [2.75, 3.05) is 6.54 Å². The molecule has 3 rings (SSSR count). The number of likely N-dealkylation sites (tertiary alicyclic amines) is 1. The molecule has 0 bridgehead atoms. The number of carbonyl (C=O) groups is 3. The van der Waals surface area contributed by atoms with Crippen LogP contribution in [0.25, 0.3) is 0 Å². The summed E-state index contributed by atoms with van der Waals surface area (Å²) in [5.41, 5.74) is 6.10. The number of rotatable bonds is 6. The zero-order valence-electron chi connectivity index (χ0n) is 14.4. The molecule has 0 aliphatic carbocycles. The summed E-state index contributed by atoms with van der Waals surface area (Å²) in [6, 6.07) is -2.04. The second-order valence-corrected chi connectivity index (χ2v) is 6.75. The molecule has 0 aromatic carbocycles. The van der Waals surface area contributed by atoms with Crippen LogP contribution in [-0.4, -0.2) is 68.6 Å². The van der Waals surface area contributed by atoms with Crippen LogP contribution >= 0.6 is 0 Å². The monoisotopic (exact) mass is 364 g/mol. The Kier molecular flexibility index (Phi) is 5.52. The summed E-state index contributed by atoms with van der Waals surface area (Å²) < 4.78 is 0. The maximum atomic E-state index is 13.0. The number of hydrogen-bond acceptors (Lipinski definition) is 6. The highest BCUT2D eigenvalue weighted by Gasteiger charge is 2.38. The molecule has 1 unspecified atom stereocenters. The fourth-order valence-electron chi connectivity index (χ4n) is 3.55. The highest BCUT2D eigenvalue weighted by Crippen LogP contribution is 2.19. The lowest BCUT2D eigenvalue weighted by molar-refractivity contribution is -0.140. The highest BCUT2D eigenvalue weighted by molar-refractivity contribution is 5.93. The Morgan fingerprint density at radius 1 is 1.38 bits per heavy atom. The lowest BCUT2D eigenvalue weighted by Gasteiger charge is -2.28. The molecular formula is C16H24N6O4. The van der Waals surface area contributed by atoms with E-state index < -0.39 is 30.3 Å². The number of H-pyrrole nitrogens is 1. The quantitative estimate of drug-likeness (QED) is 0.393. The SMILES string of the molecule is NC(=O)[C@@H]1CCCN1C(=O)[C@H](Cc1cnc[nH]1)NC(=O)[C@@H]1CCC(O)N1. The lowest BCUT2D eigenvalue weighted by Crippen LogP contribution is -2.56. The van der Waals surface area contributed by atoms with Gasteiger partial charge in [0.15, 0.2) is 0 Å². The molecule has 142 valence electrons. The third-order valence-electron chi connectivity index (χ3n) is 4.90. The summed E-state index contributed by atoms with van der Waals surface area (Å²) in [4.78, 5) is 45.4. The topological polar surface area (TPSA) is 153 Å². The molecule has 1 aromatic rings. The molecule has 2 fully saturated rings. The fraction of sp³-hybridized carbons (Fsp3) is 0.625. The van der Waals surface area contributed by atoms with Crippen LogP contribution in [0.3, 0.4) is 0 Å². The molecule has 10 nitrogen and oxygen atoms in total. The van der Waals surface area contributed by atoms with Crippen molar-refractivity contribution in [3.63, 3.8) is 0 Å². The number of primary amides is 1. The van der Waals surface area contributed by atoms with E-state index in [1.54, 1.807) is 6.20 Å². The zero-order valence-corrected chi connectivity index (χ0v) is 14.4. The van der Waals surface area contributed by atoms with Gasteiger partial charge in [0, 0.05) is 24.9 Å². The van der Waals surface area contributed by atoms with Gasteiger partial charge in [-0.2, -0.15) is 0 Å². The number of imidazole rings is 1. The van der Waals surface area contributed by atoms with Crippen molar-refractivity contribution in [2.45, 2.75) is 56.5 Å². The van der Waals surface area contributed by atoms with Crippen molar-refractivity contribution in [1.29, 1.82) is 0 Å². The first-order valence-corrected chi connectivity index (χ1v) is 8.77. The van der Waals surface area contributed by atoms with Crippen molar-refractivity contribution < 1.29 is 19.5 Å². The summed E-state index contributed by atoms with van der Waals surface area (Å²) in [6.07, 6.45) is 4.78. The number of nitrogens with one attached hydrogen (secondary N) is 3. The number of nitrogens with two attached hydrogens (primary N) is 1. The van der Waals surface area contributed by atoms with Gasteiger partial charge in [-0.25, -0.2) is 4.98 Å². The van der Waals surface area contributed by atoms with Gasteiger partial charge in [0.1, 0.15) is 18.3 Å². The molecule has 3 heterocycles. The van der Waals surface area contributed by atoms with Crippen LogP contribution in [-0.2, 0) is 20.8 Å². The number of nitrogens with zero attached hydrogens (tertiary/aromatic N) is 2. The number of aliphatic hydroxyl groups excluding tert-OH is 1. The first kappa shape index (κ1) is 18.3. The molecule has 6 N–H and O–H groups in total. The Labute approximate surface area is 150 Å². The van der Waals surface area contributed by atoms with Crippen molar-refractivity contribution in [3.05, 3.63) is 18.2 Å². The van der Waals surface area contributed by atoms with Crippen molar-refractivity contribution in [3.8, 4) is 0 Å². The van der Waals surface area contributed by atoms with Gasteiger partial charge >= 0.3 is 0 Å². The number of aliphatic hydroxyl groups is 1. The second-order valence-electron chi connectivity index (χ2n) is 6.75. The van der Waals surface area contributed by atoms with Gasteiger partial charge < -0.3 is 26.0 Å². The summed E-state index contributed by atoms with van der Waals surface area (Å²) >= 11 is 0.